The normalized spacial score (nSPS) is 13.7. The average molecular weight is 226 g/mol. The number of nitrogens with two attached hydrogens (primary N) is 1. The molecule has 0 spiro atoms. The van der Waals surface area contributed by atoms with Crippen LogP contribution in [0.3, 0.4) is 0 Å². The molecule has 1 aromatic heterocycles. The van der Waals surface area contributed by atoms with Crippen LogP contribution in [0, 0.1) is 5.92 Å². The second-order valence-electron chi connectivity index (χ2n) is 4.47. The molecule has 0 amide bonds. The Morgan fingerprint density at radius 1 is 1.47 bits per heavy atom. The van der Waals surface area contributed by atoms with Crippen molar-refractivity contribution >= 4 is 11.3 Å². The molecule has 0 aliphatic rings. The summed E-state index contributed by atoms with van der Waals surface area (Å²) < 4.78 is 0. The summed E-state index contributed by atoms with van der Waals surface area (Å²) in [4.78, 5) is 2.36. The molecule has 1 rings (SSSR count). The van der Waals surface area contributed by atoms with Crippen molar-refractivity contribution in [3.05, 3.63) is 22.4 Å². The van der Waals surface area contributed by atoms with Gasteiger partial charge in [-0.15, -0.1) is 0 Å². The second kappa shape index (κ2) is 6.26. The molecule has 0 aromatic carbocycles. The highest BCUT2D eigenvalue weighted by molar-refractivity contribution is 7.07. The Morgan fingerprint density at radius 3 is 2.67 bits per heavy atom. The summed E-state index contributed by atoms with van der Waals surface area (Å²) in [5, 5.41) is 4.32. The lowest BCUT2D eigenvalue weighted by molar-refractivity contribution is 0.236. The van der Waals surface area contributed by atoms with E-state index < -0.39 is 0 Å². The van der Waals surface area contributed by atoms with Gasteiger partial charge in [-0.25, -0.2) is 0 Å². The molecule has 0 saturated carbocycles. The molecule has 1 atom stereocenters. The quantitative estimate of drug-likeness (QED) is 0.808. The van der Waals surface area contributed by atoms with Gasteiger partial charge in [0, 0.05) is 12.6 Å². The first-order chi connectivity index (χ1) is 7.15. The molecule has 1 aromatic rings. The third-order valence-corrected chi connectivity index (χ3v) is 3.44. The van der Waals surface area contributed by atoms with Crippen LogP contribution in [0.15, 0.2) is 16.8 Å². The van der Waals surface area contributed by atoms with Crippen molar-refractivity contribution < 1.29 is 0 Å². The number of hydrogen-bond donors (Lipinski definition) is 1. The van der Waals surface area contributed by atoms with E-state index in [1.165, 1.54) is 12.0 Å². The SMILES string of the molecule is CC(C)CCN(C)C(CN)c1ccsc1. The van der Waals surface area contributed by atoms with Gasteiger partial charge in [0.15, 0.2) is 0 Å². The number of hydrogen-bond acceptors (Lipinski definition) is 3. The molecule has 1 heterocycles. The molecule has 15 heavy (non-hydrogen) atoms. The van der Waals surface area contributed by atoms with E-state index in [0.29, 0.717) is 12.6 Å². The number of likely N-dealkylation sites (N-methyl/N-ethyl adjacent to an activating group) is 1. The molecule has 0 bridgehead atoms. The van der Waals surface area contributed by atoms with E-state index in [1.807, 2.05) is 0 Å². The van der Waals surface area contributed by atoms with Gasteiger partial charge in [-0.1, -0.05) is 13.8 Å². The highest BCUT2D eigenvalue weighted by atomic mass is 32.1. The fourth-order valence-electron chi connectivity index (χ4n) is 1.65. The van der Waals surface area contributed by atoms with Gasteiger partial charge < -0.3 is 5.73 Å². The topological polar surface area (TPSA) is 29.3 Å². The Kier molecular flexibility index (Phi) is 5.29. The summed E-state index contributed by atoms with van der Waals surface area (Å²) >= 11 is 1.74. The molecule has 0 radical (unpaired) electrons. The highest BCUT2D eigenvalue weighted by Gasteiger charge is 2.15. The van der Waals surface area contributed by atoms with Crippen LogP contribution in [0.1, 0.15) is 31.9 Å². The first-order valence-corrected chi connectivity index (χ1v) is 6.51. The van der Waals surface area contributed by atoms with Crippen molar-refractivity contribution in [2.75, 3.05) is 20.1 Å². The van der Waals surface area contributed by atoms with E-state index in [2.05, 4.69) is 42.6 Å². The van der Waals surface area contributed by atoms with E-state index >= 15 is 0 Å². The Bertz CT molecular complexity index is 257. The molecule has 2 nitrogen and oxygen atoms in total. The van der Waals surface area contributed by atoms with Gasteiger partial charge in [0.1, 0.15) is 0 Å². The molecule has 0 saturated heterocycles. The molecule has 86 valence electrons. The van der Waals surface area contributed by atoms with Gasteiger partial charge in [0.2, 0.25) is 0 Å². The van der Waals surface area contributed by atoms with Crippen LogP contribution in [-0.2, 0) is 0 Å². The minimum absolute atomic E-state index is 0.384. The van der Waals surface area contributed by atoms with Crippen LogP contribution in [0.5, 0.6) is 0 Å². The zero-order valence-corrected chi connectivity index (χ0v) is 10.8. The molecule has 3 heteroatoms. The van der Waals surface area contributed by atoms with E-state index in [9.17, 15) is 0 Å². The average Bonchev–Trinajstić information content (AvgIpc) is 2.69. The van der Waals surface area contributed by atoms with Gasteiger partial charge in [0.25, 0.3) is 0 Å². The Labute approximate surface area is 97.1 Å². The molecular formula is C12H22N2S. The zero-order chi connectivity index (χ0) is 11.3. The van der Waals surface area contributed by atoms with Gasteiger partial charge in [-0.2, -0.15) is 11.3 Å². The molecule has 0 fully saturated rings. The van der Waals surface area contributed by atoms with E-state index in [0.717, 1.165) is 12.5 Å². The standard InChI is InChI=1S/C12H22N2S/c1-10(2)4-6-14(3)12(8-13)11-5-7-15-9-11/h5,7,9-10,12H,4,6,8,13H2,1-3H3. The van der Waals surface area contributed by atoms with Crippen molar-refractivity contribution in [3.63, 3.8) is 0 Å². The van der Waals surface area contributed by atoms with E-state index in [1.54, 1.807) is 11.3 Å². The third-order valence-electron chi connectivity index (χ3n) is 2.74. The Balaban J connectivity index is 2.51. The van der Waals surface area contributed by atoms with Crippen LogP contribution < -0.4 is 5.73 Å². The minimum Gasteiger partial charge on any atom is -0.329 e. The maximum absolute atomic E-state index is 5.83. The number of thiophene rings is 1. The van der Waals surface area contributed by atoms with Gasteiger partial charge in [-0.05, 0) is 48.3 Å². The first kappa shape index (κ1) is 12.7. The Morgan fingerprint density at radius 2 is 2.20 bits per heavy atom. The number of nitrogens with zero attached hydrogens (tertiary/aromatic N) is 1. The summed E-state index contributed by atoms with van der Waals surface area (Å²) in [6.45, 7) is 6.34. The fourth-order valence-corrected chi connectivity index (χ4v) is 2.36. The largest absolute Gasteiger partial charge is 0.329 e. The van der Waals surface area contributed by atoms with Crippen LogP contribution in [0.4, 0.5) is 0 Å². The van der Waals surface area contributed by atoms with E-state index in [4.69, 9.17) is 5.73 Å². The maximum Gasteiger partial charge on any atom is 0.0475 e. The molecule has 0 aliphatic carbocycles. The van der Waals surface area contributed by atoms with Crippen LogP contribution in [0.25, 0.3) is 0 Å². The first-order valence-electron chi connectivity index (χ1n) is 5.57. The van der Waals surface area contributed by atoms with Crippen molar-refractivity contribution in [3.8, 4) is 0 Å². The smallest absolute Gasteiger partial charge is 0.0475 e. The van der Waals surface area contributed by atoms with Crippen LogP contribution >= 0.6 is 11.3 Å². The zero-order valence-electron chi connectivity index (χ0n) is 9.94. The summed E-state index contributed by atoms with van der Waals surface area (Å²) in [6.07, 6.45) is 1.23. The second-order valence-corrected chi connectivity index (χ2v) is 5.25. The molecular weight excluding hydrogens is 204 g/mol. The molecule has 1 unspecified atom stereocenters. The summed E-state index contributed by atoms with van der Waals surface area (Å²) in [5.74, 6) is 0.758. The van der Waals surface area contributed by atoms with Gasteiger partial charge in [0.05, 0.1) is 0 Å². The lowest BCUT2D eigenvalue weighted by Gasteiger charge is -2.27. The van der Waals surface area contributed by atoms with Gasteiger partial charge >= 0.3 is 0 Å². The molecule has 2 N–H and O–H groups in total. The van der Waals surface area contributed by atoms with Crippen molar-refractivity contribution in [2.45, 2.75) is 26.3 Å². The Hall–Kier alpha value is -0.380. The maximum atomic E-state index is 5.83. The highest BCUT2D eigenvalue weighted by Crippen LogP contribution is 2.21. The van der Waals surface area contributed by atoms with Gasteiger partial charge in [-0.3, -0.25) is 4.90 Å². The predicted molar refractivity (Wildman–Crippen MR) is 68.2 cm³/mol. The third kappa shape index (κ3) is 3.93. The lowest BCUT2D eigenvalue weighted by Crippen LogP contribution is -2.31. The van der Waals surface area contributed by atoms with Crippen molar-refractivity contribution in [1.82, 2.24) is 4.90 Å². The number of rotatable bonds is 6. The fraction of sp³-hybridized carbons (Fsp3) is 0.667. The minimum atomic E-state index is 0.384. The molecule has 0 aliphatic heterocycles. The predicted octanol–water partition coefficient (Wildman–Crippen LogP) is 2.73. The lowest BCUT2D eigenvalue weighted by atomic mass is 10.1. The van der Waals surface area contributed by atoms with Crippen molar-refractivity contribution in [2.24, 2.45) is 11.7 Å². The van der Waals surface area contributed by atoms with Crippen LogP contribution in [0.2, 0.25) is 0 Å². The summed E-state index contributed by atoms with van der Waals surface area (Å²) in [5.41, 5.74) is 7.19. The summed E-state index contributed by atoms with van der Waals surface area (Å²) in [7, 11) is 2.16. The summed E-state index contributed by atoms with van der Waals surface area (Å²) in [6, 6.07) is 2.56. The monoisotopic (exact) mass is 226 g/mol. The van der Waals surface area contributed by atoms with Crippen LogP contribution in [-0.4, -0.2) is 25.0 Å². The van der Waals surface area contributed by atoms with E-state index in [-0.39, 0.29) is 0 Å². The van der Waals surface area contributed by atoms with Crippen molar-refractivity contribution in [1.29, 1.82) is 0 Å².